The van der Waals surface area contributed by atoms with E-state index < -0.39 is 0 Å². The zero-order valence-electron chi connectivity index (χ0n) is 12.8. The molecule has 1 aromatic heterocycles. The maximum Gasteiger partial charge on any atom is 0.291 e. The fraction of sp³-hybridized carbons (Fsp3) is 0.312. The van der Waals surface area contributed by atoms with Crippen molar-refractivity contribution in [3.05, 3.63) is 48.3 Å². The largest absolute Gasteiger partial charge is 0.505 e. The summed E-state index contributed by atoms with van der Waals surface area (Å²) in [6.45, 7) is 1.38. The molecule has 1 amide bonds. The van der Waals surface area contributed by atoms with E-state index in [0.29, 0.717) is 25.4 Å². The Hall–Kier alpha value is -2.74. The number of nitrogens with zero attached hydrogens (tertiary/aromatic N) is 3. The van der Waals surface area contributed by atoms with Gasteiger partial charge in [0, 0.05) is 6.54 Å². The van der Waals surface area contributed by atoms with E-state index in [9.17, 15) is 14.3 Å². The lowest BCUT2D eigenvalue weighted by molar-refractivity contribution is -0.0404. The second-order valence-corrected chi connectivity index (χ2v) is 5.27. The van der Waals surface area contributed by atoms with Crippen molar-refractivity contribution in [3.8, 4) is 11.5 Å². The van der Waals surface area contributed by atoms with Crippen LogP contribution in [0.25, 0.3) is 0 Å². The molecular formula is C16H16FN3O4. The average molecular weight is 333 g/mol. The van der Waals surface area contributed by atoms with Gasteiger partial charge < -0.3 is 19.5 Å². The lowest BCUT2D eigenvalue weighted by atomic mass is 10.2. The number of carbonyl (C=O) groups excluding carboxylic acids is 1. The number of rotatable bonds is 4. The van der Waals surface area contributed by atoms with E-state index >= 15 is 0 Å². The van der Waals surface area contributed by atoms with Crippen molar-refractivity contribution in [1.82, 2.24) is 14.9 Å². The maximum atomic E-state index is 12.9. The van der Waals surface area contributed by atoms with Crippen LogP contribution in [0.3, 0.4) is 0 Å². The Morgan fingerprint density at radius 1 is 1.33 bits per heavy atom. The molecule has 1 N–H and O–H groups in total. The van der Waals surface area contributed by atoms with Crippen molar-refractivity contribution in [3.63, 3.8) is 0 Å². The molecule has 1 saturated heterocycles. The zero-order valence-corrected chi connectivity index (χ0v) is 12.8. The van der Waals surface area contributed by atoms with Gasteiger partial charge in [-0.15, -0.1) is 0 Å². The van der Waals surface area contributed by atoms with E-state index in [1.54, 1.807) is 4.90 Å². The topological polar surface area (TPSA) is 84.8 Å². The summed E-state index contributed by atoms with van der Waals surface area (Å²) in [6.07, 6.45) is 2.05. The SMILES string of the molecule is O=C(c1ncc(O)cn1)N1CCOC(COc2ccc(F)cc2)C1. The van der Waals surface area contributed by atoms with E-state index in [0.717, 1.165) is 0 Å². The standard InChI is InChI=1S/C16H16FN3O4/c17-11-1-3-13(4-2-11)24-10-14-9-20(5-6-23-14)16(22)15-18-7-12(21)8-19-15/h1-4,7-8,14,21H,5-6,9-10H2. The molecule has 0 bridgehead atoms. The number of benzene rings is 1. The summed E-state index contributed by atoms with van der Waals surface area (Å²) in [7, 11) is 0. The fourth-order valence-corrected chi connectivity index (χ4v) is 2.30. The molecule has 0 aliphatic carbocycles. The van der Waals surface area contributed by atoms with Gasteiger partial charge in [-0.2, -0.15) is 0 Å². The van der Waals surface area contributed by atoms with Crippen LogP contribution in [0.5, 0.6) is 11.5 Å². The molecule has 8 heteroatoms. The van der Waals surface area contributed by atoms with Crippen LogP contribution in [0.2, 0.25) is 0 Å². The third kappa shape index (κ3) is 3.96. The molecule has 0 radical (unpaired) electrons. The van der Waals surface area contributed by atoms with Gasteiger partial charge in [0.1, 0.15) is 24.3 Å². The van der Waals surface area contributed by atoms with Gasteiger partial charge in [-0.25, -0.2) is 14.4 Å². The number of hydrogen-bond donors (Lipinski definition) is 1. The monoisotopic (exact) mass is 333 g/mol. The van der Waals surface area contributed by atoms with Crippen molar-refractivity contribution in [2.75, 3.05) is 26.3 Å². The van der Waals surface area contributed by atoms with Crippen LogP contribution in [0.4, 0.5) is 4.39 Å². The van der Waals surface area contributed by atoms with Gasteiger partial charge in [0.15, 0.2) is 5.75 Å². The quantitative estimate of drug-likeness (QED) is 0.906. The summed E-state index contributed by atoms with van der Waals surface area (Å²) >= 11 is 0. The molecule has 2 heterocycles. The highest BCUT2D eigenvalue weighted by Gasteiger charge is 2.27. The fourth-order valence-electron chi connectivity index (χ4n) is 2.30. The molecule has 1 aliphatic heterocycles. The summed E-state index contributed by atoms with van der Waals surface area (Å²) < 4.78 is 24.0. The first-order valence-corrected chi connectivity index (χ1v) is 7.42. The summed E-state index contributed by atoms with van der Waals surface area (Å²) in [5, 5.41) is 9.18. The third-order valence-corrected chi connectivity index (χ3v) is 3.51. The van der Waals surface area contributed by atoms with Gasteiger partial charge in [0.05, 0.1) is 25.5 Å². The summed E-state index contributed by atoms with van der Waals surface area (Å²) in [5.74, 6) is -0.204. The first-order valence-electron chi connectivity index (χ1n) is 7.42. The summed E-state index contributed by atoms with van der Waals surface area (Å²) in [4.78, 5) is 21.6. The first kappa shape index (κ1) is 16.1. The Labute approximate surface area is 137 Å². The molecule has 126 valence electrons. The Morgan fingerprint density at radius 3 is 2.75 bits per heavy atom. The Bertz CT molecular complexity index is 693. The number of morpholine rings is 1. The lowest BCUT2D eigenvalue weighted by Gasteiger charge is -2.32. The molecule has 7 nitrogen and oxygen atoms in total. The molecule has 0 saturated carbocycles. The summed E-state index contributed by atoms with van der Waals surface area (Å²) in [6, 6.07) is 5.70. The number of halogens is 1. The molecule has 1 fully saturated rings. The van der Waals surface area contributed by atoms with E-state index in [1.807, 2.05) is 0 Å². The van der Waals surface area contributed by atoms with Gasteiger partial charge in [0.25, 0.3) is 5.91 Å². The Kier molecular flexibility index (Phi) is 4.85. The van der Waals surface area contributed by atoms with Gasteiger partial charge in [-0.05, 0) is 24.3 Å². The van der Waals surface area contributed by atoms with Crippen molar-refractivity contribution in [1.29, 1.82) is 0 Å². The van der Waals surface area contributed by atoms with Crippen molar-refractivity contribution < 1.29 is 23.8 Å². The van der Waals surface area contributed by atoms with Gasteiger partial charge in [-0.1, -0.05) is 0 Å². The van der Waals surface area contributed by atoms with Crippen LogP contribution in [0, 0.1) is 5.82 Å². The van der Waals surface area contributed by atoms with Crippen LogP contribution >= 0.6 is 0 Å². The normalized spacial score (nSPS) is 17.5. The highest BCUT2D eigenvalue weighted by atomic mass is 19.1. The predicted octanol–water partition coefficient (Wildman–Crippen LogP) is 1.24. The smallest absolute Gasteiger partial charge is 0.291 e. The molecule has 1 unspecified atom stereocenters. The molecule has 24 heavy (non-hydrogen) atoms. The Balaban J connectivity index is 1.56. The van der Waals surface area contributed by atoms with Crippen LogP contribution < -0.4 is 4.74 Å². The maximum absolute atomic E-state index is 12.9. The number of hydrogen-bond acceptors (Lipinski definition) is 6. The highest BCUT2D eigenvalue weighted by molar-refractivity contribution is 5.90. The van der Waals surface area contributed by atoms with Crippen molar-refractivity contribution in [2.24, 2.45) is 0 Å². The third-order valence-electron chi connectivity index (χ3n) is 3.51. The number of carbonyl (C=O) groups is 1. The minimum atomic E-state index is -0.332. The number of aromatic nitrogens is 2. The second-order valence-electron chi connectivity index (χ2n) is 5.27. The second kappa shape index (κ2) is 7.22. The van der Waals surface area contributed by atoms with Crippen molar-refractivity contribution in [2.45, 2.75) is 6.10 Å². The van der Waals surface area contributed by atoms with Crippen molar-refractivity contribution >= 4 is 5.91 Å². The molecule has 1 atom stereocenters. The molecule has 1 aromatic carbocycles. The lowest BCUT2D eigenvalue weighted by Crippen LogP contribution is -2.48. The average Bonchev–Trinajstić information content (AvgIpc) is 2.61. The van der Waals surface area contributed by atoms with Crippen LogP contribution in [-0.2, 0) is 4.74 Å². The predicted molar refractivity (Wildman–Crippen MR) is 81.2 cm³/mol. The summed E-state index contributed by atoms with van der Waals surface area (Å²) in [5.41, 5.74) is 0. The van der Waals surface area contributed by atoms with E-state index in [2.05, 4.69) is 9.97 Å². The van der Waals surface area contributed by atoms with Crippen LogP contribution in [0.15, 0.2) is 36.7 Å². The number of aromatic hydroxyl groups is 1. The molecule has 2 aromatic rings. The zero-order chi connectivity index (χ0) is 16.9. The Morgan fingerprint density at radius 2 is 2.04 bits per heavy atom. The number of amides is 1. The van der Waals surface area contributed by atoms with E-state index in [-0.39, 0.29) is 36.0 Å². The van der Waals surface area contributed by atoms with E-state index in [4.69, 9.17) is 9.47 Å². The molecule has 0 spiro atoms. The van der Waals surface area contributed by atoms with Gasteiger partial charge in [-0.3, -0.25) is 4.79 Å². The number of ether oxygens (including phenoxy) is 2. The van der Waals surface area contributed by atoms with E-state index in [1.165, 1.54) is 36.7 Å². The van der Waals surface area contributed by atoms with Crippen LogP contribution in [-0.4, -0.2) is 58.3 Å². The molecular weight excluding hydrogens is 317 g/mol. The van der Waals surface area contributed by atoms with Gasteiger partial charge >= 0.3 is 0 Å². The highest BCUT2D eigenvalue weighted by Crippen LogP contribution is 2.14. The molecule has 1 aliphatic rings. The molecule has 3 rings (SSSR count). The van der Waals surface area contributed by atoms with Crippen LogP contribution in [0.1, 0.15) is 10.6 Å². The minimum absolute atomic E-state index is 0.0212. The minimum Gasteiger partial charge on any atom is -0.505 e. The van der Waals surface area contributed by atoms with Gasteiger partial charge in [0.2, 0.25) is 5.82 Å². The first-order chi connectivity index (χ1) is 11.6.